The molecule has 0 radical (unpaired) electrons. The van der Waals surface area contributed by atoms with Crippen LogP contribution in [0.15, 0.2) is 50.4 Å². The van der Waals surface area contributed by atoms with Crippen LogP contribution in [-0.2, 0) is 0 Å². The second kappa shape index (κ2) is 7.93. The zero-order valence-electron chi connectivity index (χ0n) is 14.5. The van der Waals surface area contributed by atoms with Gasteiger partial charge in [-0.25, -0.2) is 5.43 Å². The molecule has 0 unspecified atom stereocenters. The van der Waals surface area contributed by atoms with Crippen LogP contribution in [0.1, 0.15) is 16.8 Å². The maximum atomic E-state index is 9.83. The fourth-order valence-electron chi connectivity index (χ4n) is 2.28. The number of hydrogen-bond donors (Lipinski definition) is 2. The number of oxazole rings is 1. The van der Waals surface area contributed by atoms with E-state index in [1.54, 1.807) is 12.1 Å². The van der Waals surface area contributed by atoms with E-state index in [-0.39, 0.29) is 17.3 Å². The number of phenolic OH excluding ortho intramolecular Hbond substituents is 1. The van der Waals surface area contributed by atoms with Crippen LogP contribution < -0.4 is 10.2 Å². The molecule has 2 aromatic carbocycles. The molecule has 1 aromatic heterocycles. The van der Waals surface area contributed by atoms with Gasteiger partial charge in [0.2, 0.25) is 11.6 Å². The highest BCUT2D eigenvalue weighted by Crippen LogP contribution is 2.34. The number of hydrogen-bond acceptors (Lipinski definition) is 7. The van der Waals surface area contributed by atoms with Crippen molar-refractivity contribution in [2.75, 3.05) is 12.5 Å². The van der Waals surface area contributed by atoms with Gasteiger partial charge in [-0.05, 0) is 52.7 Å². The molecular weight excluding hydrogens is 412 g/mol. The van der Waals surface area contributed by atoms with Crippen molar-refractivity contribution in [3.05, 3.63) is 57.7 Å². The normalized spacial score (nSPS) is 10.7. The Kier molecular flexibility index (Phi) is 5.43. The second-order valence-corrected chi connectivity index (χ2v) is 6.45. The number of methoxy groups -OCH3 is 1. The molecule has 0 spiro atoms. The Morgan fingerprint density at radius 2 is 2.07 bits per heavy atom. The van der Waals surface area contributed by atoms with E-state index in [9.17, 15) is 10.4 Å². The Morgan fingerprint density at radius 1 is 1.33 bits per heavy atom. The molecule has 27 heavy (non-hydrogen) atoms. The Balaban J connectivity index is 1.82. The van der Waals surface area contributed by atoms with Gasteiger partial charge in [-0.1, -0.05) is 17.7 Å². The zero-order valence-corrected chi connectivity index (χ0v) is 16.1. The van der Waals surface area contributed by atoms with Gasteiger partial charge in [-0.2, -0.15) is 15.3 Å². The van der Waals surface area contributed by atoms with E-state index in [2.05, 4.69) is 31.4 Å². The minimum atomic E-state index is 0.00681. The zero-order chi connectivity index (χ0) is 19.4. The van der Waals surface area contributed by atoms with Crippen molar-refractivity contribution < 1.29 is 14.3 Å². The first-order valence-electron chi connectivity index (χ1n) is 7.85. The second-order valence-electron chi connectivity index (χ2n) is 5.60. The summed E-state index contributed by atoms with van der Waals surface area (Å²) in [5.74, 6) is 0.796. The van der Waals surface area contributed by atoms with Gasteiger partial charge in [0.1, 0.15) is 6.07 Å². The summed E-state index contributed by atoms with van der Waals surface area (Å²) in [5, 5.41) is 23.2. The fraction of sp³-hybridized carbons (Fsp3) is 0.105. The number of nitrogens with zero attached hydrogens (tertiary/aromatic N) is 3. The molecule has 1 heterocycles. The summed E-state index contributed by atoms with van der Waals surface area (Å²) in [6.07, 6.45) is 1.50. The van der Waals surface area contributed by atoms with Crippen LogP contribution in [0.5, 0.6) is 11.5 Å². The largest absolute Gasteiger partial charge is 0.503 e. The van der Waals surface area contributed by atoms with Crippen molar-refractivity contribution in [2.45, 2.75) is 6.92 Å². The van der Waals surface area contributed by atoms with Crippen LogP contribution in [0.25, 0.3) is 11.5 Å². The molecule has 0 aliphatic rings. The first-order valence-corrected chi connectivity index (χ1v) is 8.64. The van der Waals surface area contributed by atoms with Crippen LogP contribution in [0.2, 0.25) is 0 Å². The SMILES string of the molecule is COc1cc(C=NNc2oc(-c3ccc(C)cc3)nc2C#N)cc(Br)c1O. The van der Waals surface area contributed by atoms with Crippen LogP contribution in [0, 0.1) is 18.3 Å². The molecule has 8 heteroatoms. The Labute approximate surface area is 164 Å². The number of nitrogens with one attached hydrogen (secondary N) is 1. The molecule has 0 amide bonds. The Bertz CT molecular complexity index is 1040. The van der Waals surface area contributed by atoms with Crippen molar-refractivity contribution in [2.24, 2.45) is 5.10 Å². The van der Waals surface area contributed by atoms with E-state index >= 15 is 0 Å². The number of hydrazone groups is 1. The summed E-state index contributed by atoms with van der Waals surface area (Å²) in [6, 6.07) is 12.9. The molecule has 0 aliphatic carbocycles. The Hall–Kier alpha value is -3.31. The first-order chi connectivity index (χ1) is 13.0. The van der Waals surface area contributed by atoms with Gasteiger partial charge in [0.25, 0.3) is 5.88 Å². The number of aromatic hydroxyl groups is 1. The van der Waals surface area contributed by atoms with E-state index in [0.717, 1.165) is 11.1 Å². The number of phenols is 1. The summed E-state index contributed by atoms with van der Waals surface area (Å²) >= 11 is 3.25. The number of ether oxygens (including phenoxy) is 1. The third-order valence-electron chi connectivity index (χ3n) is 3.68. The highest BCUT2D eigenvalue weighted by molar-refractivity contribution is 9.10. The average Bonchev–Trinajstić information content (AvgIpc) is 3.08. The minimum absolute atomic E-state index is 0.00681. The molecule has 136 valence electrons. The number of nitriles is 1. The summed E-state index contributed by atoms with van der Waals surface area (Å²) in [4.78, 5) is 4.18. The first kappa shape index (κ1) is 18.5. The molecule has 0 bridgehead atoms. The standard InChI is InChI=1S/C19H15BrN4O3/c1-11-3-5-13(6-4-11)18-23-15(9-21)19(27-18)24-22-10-12-7-14(20)17(25)16(8-12)26-2/h3-8,10,24-25H,1-2H3. The fourth-order valence-corrected chi connectivity index (χ4v) is 2.74. The molecule has 0 atom stereocenters. The molecule has 7 nitrogen and oxygen atoms in total. The monoisotopic (exact) mass is 426 g/mol. The summed E-state index contributed by atoms with van der Waals surface area (Å²) < 4.78 is 11.2. The van der Waals surface area contributed by atoms with Crippen LogP contribution in [-0.4, -0.2) is 23.4 Å². The predicted octanol–water partition coefficient (Wildman–Crippen LogP) is 4.44. The van der Waals surface area contributed by atoms with Gasteiger partial charge >= 0.3 is 0 Å². The maximum absolute atomic E-state index is 9.83. The lowest BCUT2D eigenvalue weighted by Crippen LogP contribution is -1.93. The topological polar surface area (TPSA) is 104 Å². The molecule has 0 aliphatic heterocycles. The van der Waals surface area contributed by atoms with E-state index in [1.165, 1.54) is 13.3 Å². The smallest absolute Gasteiger partial charge is 0.252 e. The number of halogens is 1. The lowest BCUT2D eigenvalue weighted by Gasteiger charge is -2.06. The number of anilines is 1. The molecular formula is C19H15BrN4O3. The third-order valence-corrected chi connectivity index (χ3v) is 4.29. The van der Waals surface area contributed by atoms with Crippen LogP contribution in [0.4, 0.5) is 5.88 Å². The predicted molar refractivity (Wildman–Crippen MR) is 105 cm³/mol. The van der Waals surface area contributed by atoms with Gasteiger partial charge in [-0.15, -0.1) is 0 Å². The number of benzene rings is 2. The van der Waals surface area contributed by atoms with Crippen molar-refractivity contribution in [3.8, 4) is 29.0 Å². The van der Waals surface area contributed by atoms with Gasteiger partial charge in [0.05, 0.1) is 17.8 Å². The lowest BCUT2D eigenvalue weighted by atomic mass is 10.1. The van der Waals surface area contributed by atoms with Crippen molar-refractivity contribution in [1.29, 1.82) is 5.26 Å². The number of rotatable bonds is 5. The molecule has 0 saturated carbocycles. The summed E-state index contributed by atoms with van der Waals surface area (Å²) in [6.45, 7) is 1.98. The highest BCUT2D eigenvalue weighted by atomic mass is 79.9. The molecule has 0 saturated heterocycles. The maximum Gasteiger partial charge on any atom is 0.252 e. The molecule has 2 N–H and O–H groups in total. The van der Waals surface area contributed by atoms with Crippen molar-refractivity contribution in [1.82, 2.24) is 4.98 Å². The highest BCUT2D eigenvalue weighted by Gasteiger charge is 2.14. The molecule has 0 fully saturated rings. The van der Waals surface area contributed by atoms with E-state index in [4.69, 9.17) is 9.15 Å². The molecule has 3 aromatic rings. The van der Waals surface area contributed by atoms with Gasteiger partial charge in [0, 0.05) is 5.56 Å². The summed E-state index contributed by atoms with van der Waals surface area (Å²) in [7, 11) is 1.46. The molecule has 3 rings (SSSR count). The van der Waals surface area contributed by atoms with Crippen molar-refractivity contribution >= 4 is 28.0 Å². The van der Waals surface area contributed by atoms with Gasteiger partial charge in [0.15, 0.2) is 11.5 Å². The number of aromatic nitrogens is 1. The van der Waals surface area contributed by atoms with Gasteiger partial charge in [-0.3, -0.25) is 0 Å². The minimum Gasteiger partial charge on any atom is -0.503 e. The third kappa shape index (κ3) is 4.10. The van der Waals surface area contributed by atoms with E-state index in [0.29, 0.717) is 21.7 Å². The lowest BCUT2D eigenvalue weighted by molar-refractivity contribution is 0.372. The van der Waals surface area contributed by atoms with E-state index < -0.39 is 0 Å². The quantitative estimate of drug-likeness (QED) is 0.461. The van der Waals surface area contributed by atoms with Gasteiger partial charge < -0.3 is 14.3 Å². The average molecular weight is 427 g/mol. The van der Waals surface area contributed by atoms with E-state index in [1.807, 2.05) is 37.3 Å². The van der Waals surface area contributed by atoms with Crippen LogP contribution in [0.3, 0.4) is 0 Å². The number of aryl methyl sites for hydroxylation is 1. The van der Waals surface area contributed by atoms with Crippen LogP contribution >= 0.6 is 15.9 Å². The van der Waals surface area contributed by atoms with Crippen molar-refractivity contribution in [3.63, 3.8) is 0 Å². The summed E-state index contributed by atoms with van der Waals surface area (Å²) in [5.41, 5.74) is 5.34. The Morgan fingerprint density at radius 3 is 2.74 bits per heavy atom.